The molecule has 1 aromatic heterocycles. The summed E-state index contributed by atoms with van der Waals surface area (Å²) in [5, 5.41) is 20.9. The van der Waals surface area contributed by atoms with Gasteiger partial charge in [-0.2, -0.15) is 0 Å². The number of aliphatic carboxylic acids is 1. The Labute approximate surface area is 163 Å². The molecule has 3 rings (SSSR count). The van der Waals surface area contributed by atoms with Gasteiger partial charge in [-0.25, -0.2) is 8.78 Å². The second-order valence-electron chi connectivity index (χ2n) is 6.38. The highest BCUT2D eigenvalue weighted by Crippen LogP contribution is 2.32. The zero-order chi connectivity index (χ0) is 21.3. The minimum Gasteiger partial charge on any atom is -0.505 e. The van der Waals surface area contributed by atoms with Crippen LogP contribution >= 0.6 is 0 Å². The Balaban J connectivity index is 2.14. The molecule has 0 radical (unpaired) electrons. The molecule has 0 saturated heterocycles. The molecule has 0 fully saturated rings. The Morgan fingerprint density at radius 3 is 2.52 bits per heavy atom. The van der Waals surface area contributed by atoms with Gasteiger partial charge >= 0.3 is 5.97 Å². The van der Waals surface area contributed by atoms with Crippen molar-refractivity contribution in [3.05, 3.63) is 64.9 Å². The van der Waals surface area contributed by atoms with Crippen LogP contribution in [0.15, 0.2) is 36.4 Å². The van der Waals surface area contributed by atoms with Gasteiger partial charge < -0.3 is 15.5 Å². The molecule has 3 N–H and O–H groups in total. The monoisotopic (exact) mass is 402 g/mol. The van der Waals surface area contributed by atoms with E-state index in [0.29, 0.717) is 5.56 Å². The lowest BCUT2D eigenvalue weighted by atomic mass is 10.1. The number of aromatic nitrogens is 1. The summed E-state index contributed by atoms with van der Waals surface area (Å²) in [5.41, 5.74) is 0.695. The molecule has 9 heteroatoms. The first-order chi connectivity index (χ1) is 13.7. The Morgan fingerprint density at radius 2 is 1.86 bits per heavy atom. The molecule has 0 aliphatic heterocycles. The van der Waals surface area contributed by atoms with Gasteiger partial charge in [0, 0.05) is 22.7 Å². The molecule has 0 aliphatic carbocycles. The normalized spacial score (nSPS) is 10.9. The van der Waals surface area contributed by atoms with Crippen LogP contribution in [-0.4, -0.2) is 39.1 Å². The van der Waals surface area contributed by atoms with Gasteiger partial charge in [-0.1, -0.05) is 6.07 Å². The molecule has 1 amide bonds. The number of hydrogen-bond donors (Lipinski definition) is 3. The lowest BCUT2D eigenvalue weighted by molar-refractivity contribution is -0.137. The van der Waals surface area contributed by atoms with E-state index in [1.165, 1.54) is 25.1 Å². The molecule has 0 spiro atoms. The van der Waals surface area contributed by atoms with E-state index in [1.807, 2.05) is 0 Å². The first-order valence-corrected chi connectivity index (χ1v) is 8.50. The fourth-order valence-corrected chi connectivity index (χ4v) is 3.12. The summed E-state index contributed by atoms with van der Waals surface area (Å²) in [4.78, 5) is 35.7. The van der Waals surface area contributed by atoms with E-state index in [9.17, 15) is 28.3 Å². The Bertz CT molecular complexity index is 1150. The highest BCUT2D eigenvalue weighted by atomic mass is 19.1. The topological polar surface area (TPSA) is 109 Å². The van der Waals surface area contributed by atoms with E-state index in [2.05, 4.69) is 5.32 Å². The third kappa shape index (κ3) is 3.93. The van der Waals surface area contributed by atoms with Crippen LogP contribution < -0.4 is 5.32 Å². The number of phenolic OH excluding ortho intramolecular Hbond substituents is 1. The molecule has 29 heavy (non-hydrogen) atoms. The van der Waals surface area contributed by atoms with Crippen LogP contribution in [0.25, 0.3) is 10.9 Å². The second-order valence-corrected chi connectivity index (χ2v) is 6.38. The summed E-state index contributed by atoms with van der Waals surface area (Å²) in [6.07, 6.45) is -0.301. The van der Waals surface area contributed by atoms with Gasteiger partial charge in [0.1, 0.15) is 12.4 Å². The highest BCUT2D eigenvalue weighted by molar-refractivity contribution is 6.05. The van der Waals surface area contributed by atoms with E-state index >= 15 is 0 Å². The summed E-state index contributed by atoms with van der Waals surface area (Å²) in [6.45, 7) is 0.935. The van der Waals surface area contributed by atoms with Crippen molar-refractivity contribution in [3.8, 4) is 5.75 Å². The predicted octanol–water partition coefficient (Wildman–Crippen LogP) is 2.37. The minimum absolute atomic E-state index is 0.0142. The average molecular weight is 402 g/mol. The number of benzene rings is 2. The zero-order valence-corrected chi connectivity index (χ0v) is 15.2. The molecule has 0 aliphatic rings. The van der Waals surface area contributed by atoms with Crippen molar-refractivity contribution >= 4 is 28.7 Å². The van der Waals surface area contributed by atoms with Gasteiger partial charge in [0.05, 0.1) is 11.9 Å². The van der Waals surface area contributed by atoms with Gasteiger partial charge in [-0.15, -0.1) is 0 Å². The third-order valence-corrected chi connectivity index (χ3v) is 4.45. The van der Waals surface area contributed by atoms with Gasteiger partial charge in [-0.05, 0) is 36.8 Å². The Morgan fingerprint density at radius 1 is 1.14 bits per heavy atom. The summed E-state index contributed by atoms with van der Waals surface area (Å²) >= 11 is 0. The van der Waals surface area contributed by atoms with Gasteiger partial charge in [-0.3, -0.25) is 19.0 Å². The van der Waals surface area contributed by atoms with E-state index in [4.69, 9.17) is 5.11 Å². The molecule has 2 aromatic carbocycles. The fraction of sp³-hybridized carbons (Fsp3) is 0.150. The first-order valence-electron chi connectivity index (χ1n) is 8.50. The number of carboxylic acids is 1. The van der Waals surface area contributed by atoms with E-state index in [-0.39, 0.29) is 28.6 Å². The lowest BCUT2D eigenvalue weighted by Gasteiger charge is -2.08. The van der Waals surface area contributed by atoms with Crippen LogP contribution in [0.1, 0.15) is 21.6 Å². The summed E-state index contributed by atoms with van der Waals surface area (Å²) in [5.74, 6) is -4.75. The maximum absolute atomic E-state index is 14.0. The number of rotatable bonds is 5. The van der Waals surface area contributed by atoms with Crippen molar-refractivity contribution in [1.82, 2.24) is 9.88 Å². The number of hydrogen-bond acceptors (Lipinski definition) is 4. The van der Waals surface area contributed by atoms with Crippen molar-refractivity contribution in [2.24, 2.45) is 0 Å². The molecule has 0 bridgehead atoms. The Kier molecular flexibility index (Phi) is 5.31. The highest BCUT2D eigenvalue weighted by Gasteiger charge is 2.23. The number of amides is 1. The number of halogens is 2. The number of carbonyl (C=O) groups is 3. The molecule has 0 atom stereocenters. The van der Waals surface area contributed by atoms with Gasteiger partial charge in [0.2, 0.25) is 5.91 Å². The van der Waals surface area contributed by atoms with Crippen molar-refractivity contribution < 1.29 is 33.4 Å². The minimum atomic E-state index is -1.22. The molecular weight excluding hydrogens is 386 g/mol. The van der Waals surface area contributed by atoms with E-state index < -0.39 is 41.7 Å². The van der Waals surface area contributed by atoms with Crippen LogP contribution in [0.5, 0.6) is 5.75 Å². The zero-order valence-electron chi connectivity index (χ0n) is 15.2. The standard InChI is InChI=1S/C20H16F2N2O5/c1-10-13(7-18(26)23-9-19(27)28)14-6-17(25)15(22)8-16(14)24(10)20(29)11-3-2-4-12(21)5-11/h2-6,8,25H,7,9H2,1H3,(H,23,26)(H,27,28). The first kappa shape index (κ1) is 20.0. The molecule has 0 saturated carbocycles. The molecule has 0 unspecified atom stereocenters. The Hall–Kier alpha value is -3.75. The van der Waals surface area contributed by atoms with Crippen LogP contribution in [0.3, 0.4) is 0 Å². The van der Waals surface area contributed by atoms with Crippen LogP contribution in [-0.2, 0) is 16.0 Å². The number of nitrogens with zero attached hydrogens (tertiary/aromatic N) is 1. The number of fused-ring (bicyclic) bond motifs is 1. The van der Waals surface area contributed by atoms with Crippen molar-refractivity contribution in [2.75, 3.05) is 6.54 Å². The molecule has 7 nitrogen and oxygen atoms in total. The van der Waals surface area contributed by atoms with Crippen molar-refractivity contribution in [1.29, 1.82) is 0 Å². The lowest BCUT2D eigenvalue weighted by Crippen LogP contribution is -2.30. The summed E-state index contributed by atoms with van der Waals surface area (Å²) < 4.78 is 28.7. The summed E-state index contributed by atoms with van der Waals surface area (Å²) in [7, 11) is 0. The van der Waals surface area contributed by atoms with Crippen molar-refractivity contribution in [3.63, 3.8) is 0 Å². The largest absolute Gasteiger partial charge is 0.505 e. The van der Waals surface area contributed by atoms with Crippen LogP contribution in [0.2, 0.25) is 0 Å². The number of nitrogens with one attached hydrogen (secondary N) is 1. The smallest absolute Gasteiger partial charge is 0.322 e. The SMILES string of the molecule is Cc1c(CC(=O)NCC(=O)O)c2cc(O)c(F)cc2n1C(=O)c1cccc(F)c1. The third-order valence-electron chi connectivity index (χ3n) is 4.45. The molecule has 3 aromatic rings. The fourth-order valence-electron chi connectivity index (χ4n) is 3.12. The average Bonchev–Trinajstić information content (AvgIpc) is 2.91. The number of phenols is 1. The van der Waals surface area contributed by atoms with Crippen LogP contribution in [0.4, 0.5) is 8.78 Å². The molecule has 1 heterocycles. The number of carbonyl (C=O) groups excluding carboxylic acids is 2. The maximum atomic E-state index is 14.0. The van der Waals surface area contributed by atoms with Crippen molar-refractivity contribution in [2.45, 2.75) is 13.3 Å². The van der Waals surface area contributed by atoms with E-state index in [1.54, 1.807) is 0 Å². The number of carboxylic acid groups (broad SMARTS) is 1. The quantitative estimate of drug-likeness (QED) is 0.607. The maximum Gasteiger partial charge on any atom is 0.322 e. The molecular formula is C20H16F2N2O5. The predicted molar refractivity (Wildman–Crippen MR) is 98.8 cm³/mol. The molecule has 150 valence electrons. The van der Waals surface area contributed by atoms with Gasteiger partial charge in [0.15, 0.2) is 11.6 Å². The second kappa shape index (κ2) is 7.70. The van der Waals surface area contributed by atoms with Crippen LogP contribution in [0, 0.1) is 18.6 Å². The number of aromatic hydroxyl groups is 1. The summed E-state index contributed by atoms with van der Waals surface area (Å²) in [6, 6.07) is 7.00. The van der Waals surface area contributed by atoms with Gasteiger partial charge in [0.25, 0.3) is 5.91 Å². The van der Waals surface area contributed by atoms with E-state index in [0.717, 1.165) is 22.8 Å².